The van der Waals surface area contributed by atoms with Gasteiger partial charge in [-0.05, 0) is 44.5 Å². The lowest BCUT2D eigenvalue weighted by Gasteiger charge is -2.38. The van der Waals surface area contributed by atoms with Gasteiger partial charge in [0.05, 0.1) is 24.3 Å². The number of carbonyl (C=O) groups is 2. The number of alkyl halides is 6. The van der Waals surface area contributed by atoms with Crippen LogP contribution in [0.1, 0.15) is 31.4 Å². The minimum absolute atomic E-state index is 0.353. The molecule has 0 radical (unpaired) electrons. The Morgan fingerprint density at radius 3 is 2.14 bits per heavy atom. The SMILES string of the molecule is CC(C)N1CCO[C@@H]2CN(Cc3cccc(C#N)c3)CC[C@@H]2C1.O=C(O)C(F)(F)F.O=C(O)C(F)(F)F. The predicted molar refractivity (Wildman–Crippen MR) is 118 cm³/mol. The minimum Gasteiger partial charge on any atom is -0.475 e. The molecule has 208 valence electrons. The van der Waals surface area contributed by atoms with Crippen molar-refractivity contribution in [2.24, 2.45) is 5.92 Å². The van der Waals surface area contributed by atoms with E-state index in [2.05, 4.69) is 35.8 Å². The third-order valence-corrected chi connectivity index (χ3v) is 5.64. The summed E-state index contributed by atoms with van der Waals surface area (Å²) in [7, 11) is 0. The van der Waals surface area contributed by atoms with E-state index in [1.165, 1.54) is 18.5 Å². The van der Waals surface area contributed by atoms with Crippen molar-refractivity contribution in [1.29, 1.82) is 5.26 Å². The summed E-state index contributed by atoms with van der Waals surface area (Å²) in [5, 5.41) is 23.3. The highest BCUT2D eigenvalue weighted by molar-refractivity contribution is 5.73. The highest BCUT2D eigenvalue weighted by Gasteiger charge is 2.39. The number of hydrogen-bond acceptors (Lipinski definition) is 6. The Morgan fingerprint density at radius 1 is 1.08 bits per heavy atom. The topological polar surface area (TPSA) is 114 Å². The quantitative estimate of drug-likeness (QED) is 0.557. The molecule has 0 aliphatic carbocycles. The maximum Gasteiger partial charge on any atom is 0.490 e. The van der Waals surface area contributed by atoms with Gasteiger partial charge in [-0.25, -0.2) is 9.59 Å². The number of carboxylic acid groups (broad SMARTS) is 2. The van der Waals surface area contributed by atoms with Crippen molar-refractivity contribution in [2.75, 3.05) is 32.8 Å². The van der Waals surface area contributed by atoms with E-state index in [1.807, 2.05) is 18.2 Å². The molecule has 2 fully saturated rings. The molecule has 0 aromatic heterocycles. The zero-order valence-corrected chi connectivity index (χ0v) is 20.2. The monoisotopic (exact) mass is 541 g/mol. The molecule has 0 amide bonds. The Bertz CT molecular complexity index is 909. The molecule has 0 bridgehead atoms. The zero-order chi connectivity index (χ0) is 28.4. The average molecular weight is 541 g/mol. The van der Waals surface area contributed by atoms with Crippen molar-refractivity contribution in [3.63, 3.8) is 0 Å². The second-order valence-electron chi connectivity index (χ2n) is 8.70. The lowest BCUT2D eigenvalue weighted by atomic mass is 9.92. The fourth-order valence-electron chi connectivity index (χ4n) is 3.75. The molecule has 37 heavy (non-hydrogen) atoms. The van der Waals surface area contributed by atoms with Gasteiger partial charge in [0, 0.05) is 38.1 Å². The molecule has 14 heteroatoms. The molecule has 2 saturated heterocycles. The molecule has 0 saturated carbocycles. The molecule has 2 aliphatic heterocycles. The van der Waals surface area contributed by atoms with E-state index < -0.39 is 24.3 Å². The molecule has 1 aromatic rings. The van der Waals surface area contributed by atoms with E-state index >= 15 is 0 Å². The van der Waals surface area contributed by atoms with Crippen molar-refractivity contribution in [3.8, 4) is 6.07 Å². The fraction of sp³-hybridized carbons (Fsp3) is 0.609. The summed E-state index contributed by atoms with van der Waals surface area (Å²) in [6.45, 7) is 10.7. The van der Waals surface area contributed by atoms with Gasteiger partial charge in [0.15, 0.2) is 0 Å². The van der Waals surface area contributed by atoms with Crippen molar-refractivity contribution >= 4 is 11.9 Å². The lowest BCUT2D eigenvalue weighted by Crippen LogP contribution is -2.47. The molecule has 3 rings (SSSR count). The maximum atomic E-state index is 10.6. The number of carboxylic acids is 2. The number of rotatable bonds is 3. The number of nitrogens with zero attached hydrogens (tertiary/aromatic N) is 3. The van der Waals surface area contributed by atoms with E-state index in [1.54, 1.807) is 0 Å². The van der Waals surface area contributed by atoms with Gasteiger partial charge >= 0.3 is 24.3 Å². The summed E-state index contributed by atoms with van der Waals surface area (Å²) in [6.07, 6.45) is -8.61. The molecular formula is C23H29F6N3O5. The number of nitriles is 1. The van der Waals surface area contributed by atoms with Crippen LogP contribution >= 0.6 is 0 Å². The number of likely N-dealkylation sites (tertiary alicyclic amines) is 1. The van der Waals surface area contributed by atoms with Gasteiger partial charge in [0.1, 0.15) is 0 Å². The average Bonchev–Trinajstić information content (AvgIpc) is 3.01. The summed E-state index contributed by atoms with van der Waals surface area (Å²) in [6, 6.07) is 10.8. The summed E-state index contributed by atoms with van der Waals surface area (Å²) < 4.78 is 69.6. The van der Waals surface area contributed by atoms with Gasteiger partial charge in [0.2, 0.25) is 0 Å². The molecule has 0 spiro atoms. The molecule has 8 nitrogen and oxygen atoms in total. The van der Waals surface area contributed by atoms with Gasteiger partial charge in [-0.1, -0.05) is 12.1 Å². The first-order valence-electron chi connectivity index (χ1n) is 11.2. The smallest absolute Gasteiger partial charge is 0.475 e. The van der Waals surface area contributed by atoms with E-state index in [0.29, 0.717) is 18.1 Å². The van der Waals surface area contributed by atoms with Crippen LogP contribution in [0.2, 0.25) is 0 Å². The Morgan fingerprint density at radius 2 is 1.65 bits per heavy atom. The largest absolute Gasteiger partial charge is 0.490 e. The maximum absolute atomic E-state index is 10.6. The molecular weight excluding hydrogens is 512 g/mol. The molecule has 2 heterocycles. The minimum atomic E-state index is -5.08. The van der Waals surface area contributed by atoms with Crippen LogP contribution in [-0.2, 0) is 20.9 Å². The van der Waals surface area contributed by atoms with E-state index in [4.69, 9.17) is 29.8 Å². The first-order chi connectivity index (χ1) is 17.0. The van der Waals surface area contributed by atoms with Crippen molar-refractivity contribution in [1.82, 2.24) is 9.80 Å². The van der Waals surface area contributed by atoms with Crippen LogP contribution in [-0.4, -0.2) is 89.2 Å². The summed E-state index contributed by atoms with van der Waals surface area (Å²) in [5.74, 6) is -4.86. The first kappa shape index (κ1) is 32.1. The van der Waals surface area contributed by atoms with Gasteiger partial charge in [-0.15, -0.1) is 0 Å². The van der Waals surface area contributed by atoms with Gasteiger partial charge in [0.25, 0.3) is 0 Å². The molecule has 2 aliphatic rings. The van der Waals surface area contributed by atoms with E-state index in [0.717, 1.165) is 38.3 Å². The zero-order valence-electron chi connectivity index (χ0n) is 20.2. The van der Waals surface area contributed by atoms with E-state index in [-0.39, 0.29) is 0 Å². The van der Waals surface area contributed by atoms with Crippen molar-refractivity contribution in [3.05, 3.63) is 35.4 Å². The Kier molecular flexibility index (Phi) is 12.3. The second kappa shape index (κ2) is 14.2. The predicted octanol–water partition coefficient (Wildman–Crippen LogP) is 3.76. The lowest BCUT2D eigenvalue weighted by molar-refractivity contribution is -0.193. The van der Waals surface area contributed by atoms with E-state index in [9.17, 15) is 26.3 Å². The van der Waals surface area contributed by atoms with Crippen LogP contribution in [0.4, 0.5) is 26.3 Å². The number of piperidine rings is 1. The van der Waals surface area contributed by atoms with Crippen LogP contribution in [0.5, 0.6) is 0 Å². The van der Waals surface area contributed by atoms with Crippen LogP contribution in [0.25, 0.3) is 0 Å². The van der Waals surface area contributed by atoms with Crippen LogP contribution in [0.15, 0.2) is 24.3 Å². The normalized spacial score (nSPS) is 20.8. The fourth-order valence-corrected chi connectivity index (χ4v) is 3.75. The number of ether oxygens (including phenoxy) is 1. The third kappa shape index (κ3) is 11.8. The summed E-state index contributed by atoms with van der Waals surface area (Å²) in [4.78, 5) is 22.8. The number of fused-ring (bicyclic) bond motifs is 1. The Balaban J connectivity index is 0.000000404. The first-order valence-corrected chi connectivity index (χ1v) is 11.2. The molecule has 2 N–H and O–H groups in total. The van der Waals surface area contributed by atoms with Crippen LogP contribution in [0, 0.1) is 17.2 Å². The Labute approximate surface area is 210 Å². The molecule has 0 unspecified atom stereocenters. The van der Waals surface area contributed by atoms with Crippen LogP contribution < -0.4 is 0 Å². The number of aliphatic carboxylic acids is 2. The molecule has 2 atom stereocenters. The van der Waals surface area contributed by atoms with Gasteiger partial charge < -0.3 is 14.9 Å². The standard InChI is InChI=1S/C19H27N3O.2C2HF3O2/c1-15(2)22-8-9-23-19-14-21(7-6-18(19)13-22)12-17-5-3-4-16(10-17)11-20;2*3-2(4,5)1(6)7/h3-5,10,15,18-19H,6-9,12-14H2,1-2H3;2*(H,6,7)/t18-,19-;;/m1../s1. The molecule has 1 aromatic carbocycles. The number of hydrogen-bond donors (Lipinski definition) is 2. The van der Waals surface area contributed by atoms with Gasteiger partial charge in [-0.3, -0.25) is 9.80 Å². The van der Waals surface area contributed by atoms with Crippen molar-refractivity contribution < 1.29 is 50.9 Å². The number of halogens is 6. The number of benzene rings is 1. The highest BCUT2D eigenvalue weighted by atomic mass is 19.4. The van der Waals surface area contributed by atoms with Crippen molar-refractivity contribution in [2.45, 2.75) is 51.3 Å². The van der Waals surface area contributed by atoms with Gasteiger partial charge in [-0.2, -0.15) is 31.6 Å². The Hall–Kier alpha value is -2.89. The summed E-state index contributed by atoms with van der Waals surface area (Å²) in [5.41, 5.74) is 1.97. The summed E-state index contributed by atoms with van der Waals surface area (Å²) >= 11 is 0. The van der Waals surface area contributed by atoms with Crippen LogP contribution in [0.3, 0.4) is 0 Å². The third-order valence-electron chi connectivity index (χ3n) is 5.64. The highest BCUT2D eigenvalue weighted by Crippen LogP contribution is 2.26. The second-order valence-corrected chi connectivity index (χ2v) is 8.70.